The highest BCUT2D eigenvalue weighted by Crippen LogP contribution is 2.27. The summed E-state index contributed by atoms with van der Waals surface area (Å²) in [6, 6.07) is 17.0. The molecule has 0 fully saturated rings. The third-order valence-electron chi connectivity index (χ3n) is 3.44. The number of hydrogen-bond acceptors (Lipinski definition) is 3. The molecule has 0 spiro atoms. The molecule has 0 unspecified atom stereocenters. The lowest BCUT2D eigenvalue weighted by molar-refractivity contribution is -0.385. The number of hydrogen-bond donors (Lipinski definition) is 1. The predicted molar refractivity (Wildman–Crippen MR) is 90.0 cm³/mol. The summed E-state index contributed by atoms with van der Waals surface area (Å²) < 4.78 is 0. The molecular weight excluding hydrogens is 316 g/mol. The minimum absolute atomic E-state index is 0.0349. The van der Waals surface area contributed by atoms with Crippen molar-refractivity contribution < 1.29 is 9.72 Å². The Hall–Kier alpha value is -2.92. The monoisotopic (exact) mass is 326 g/mol. The maximum atomic E-state index is 12.4. The van der Waals surface area contributed by atoms with Gasteiger partial charge in [-0.3, -0.25) is 14.9 Å². The number of rotatable bonds is 3. The minimum atomic E-state index is -0.621. The zero-order valence-electron chi connectivity index (χ0n) is 11.8. The van der Waals surface area contributed by atoms with Gasteiger partial charge in [0.05, 0.1) is 4.92 Å². The average molecular weight is 327 g/mol. The van der Waals surface area contributed by atoms with Gasteiger partial charge in [-0.15, -0.1) is 0 Å². The molecule has 0 aromatic heterocycles. The van der Waals surface area contributed by atoms with Crippen LogP contribution >= 0.6 is 11.6 Å². The first-order valence-corrected chi connectivity index (χ1v) is 7.17. The van der Waals surface area contributed by atoms with Gasteiger partial charge in [-0.2, -0.15) is 0 Å². The molecule has 0 heterocycles. The first-order chi connectivity index (χ1) is 11.1. The molecule has 0 radical (unpaired) electrons. The Morgan fingerprint density at radius 2 is 1.78 bits per heavy atom. The number of benzene rings is 3. The maximum absolute atomic E-state index is 12.4. The van der Waals surface area contributed by atoms with Gasteiger partial charge < -0.3 is 5.32 Å². The number of carbonyl (C=O) groups excluding carboxylic acids is 1. The molecule has 0 atom stereocenters. The largest absolute Gasteiger partial charge is 0.321 e. The lowest BCUT2D eigenvalue weighted by atomic mass is 10.1. The van der Waals surface area contributed by atoms with E-state index in [-0.39, 0.29) is 16.3 Å². The highest BCUT2D eigenvalue weighted by atomic mass is 35.5. The minimum Gasteiger partial charge on any atom is -0.321 e. The highest BCUT2D eigenvalue weighted by Gasteiger charge is 2.21. The second-order valence-corrected chi connectivity index (χ2v) is 5.34. The second-order valence-electron chi connectivity index (χ2n) is 4.90. The molecule has 114 valence electrons. The second kappa shape index (κ2) is 6.06. The molecule has 5 nitrogen and oxygen atoms in total. The van der Waals surface area contributed by atoms with Crippen LogP contribution < -0.4 is 5.32 Å². The predicted octanol–water partition coefficient (Wildman–Crippen LogP) is 4.65. The summed E-state index contributed by atoms with van der Waals surface area (Å²) in [6.45, 7) is 0. The molecule has 0 saturated heterocycles. The van der Waals surface area contributed by atoms with E-state index in [1.165, 1.54) is 18.2 Å². The summed E-state index contributed by atoms with van der Waals surface area (Å²) >= 11 is 5.77. The number of nitrogens with one attached hydrogen (secondary N) is 1. The molecule has 0 aliphatic heterocycles. The smallest absolute Gasteiger partial charge is 0.283 e. The van der Waals surface area contributed by atoms with Gasteiger partial charge in [0.25, 0.3) is 11.6 Å². The highest BCUT2D eigenvalue weighted by molar-refractivity contribution is 6.31. The van der Waals surface area contributed by atoms with E-state index < -0.39 is 10.8 Å². The molecular formula is C17H11ClN2O3. The summed E-state index contributed by atoms with van der Waals surface area (Å²) in [4.78, 5) is 22.9. The van der Waals surface area contributed by atoms with E-state index in [9.17, 15) is 14.9 Å². The summed E-state index contributed by atoms with van der Waals surface area (Å²) in [5.41, 5.74) is 0.236. The third-order valence-corrected chi connectivity index (χ3v) is 3.67. The van der Waals surface area contributed by atoms with Crippen LogP contribution in [0.5, 0.6) is 0 Å². The topological polar surface area (TPSA) is 72.2 Å². The first-order valence-electron chi connectivity index (χ1n) is 6.79. The van der Waals surface area contributed by atoms with Crippen LogP contribution in [0, 0.1) is 10.1 Å². The number of nitro benzene ring substituents is 1. The van der Waals surface area contributed by atoms with Gasteiger partial charge in [-0.05, 0) is 23.6 Å². The Balaban J connectivity index is 2.00. The zero-order valence-corrected chi connectivity index (χ0v) is 12.6. The molecule has 0 aliphatic rings. The van der Waals surface area contributed by atoms with Crippen molar-refractivity contribution in [2.45, 2.75) is 0 Å². The van der Waals surface area contributed by atoms with Crippen molar-refractivity contribution in [3.05, 3.63) is 81.4 Å². The summed E-state index contributed by atoms with van der Waals surface area (Å²) in [5.74, 6) is -0.551. The van der Waals surface area contributed by atoms with E-state index in [1.807, 2.05) is 36.4 Å². The van der Waals surface area contributed by atoms with Crippen LogP contribution in [0.3, 0.4) is 0 Å². The van der Waals surface area contributed by atoms with Gasteiger partial charge in [0, 0.05) is 22.2 Å². The Kier molecular flexibility index (Phi) is 3.95. The summed E-state index contributed by atoms with van der Waals surface area (Å²) in [7, 11) is 0. The fourth-order valence-electron chi connectivity index (χ4n) is 2.37. The van der Waals surface area contributed by atoms with E-state index in [4.69, 9.17) is 11.6 Å². The number of carbonyl (C=O) groups is 1. The van der Waals surface area contributed by atoms with Crippen molar-refractivity contribution in [2.75, 3.05) is 5.32 Å². The Morgan fingerprint density at radius 3 is 2.57 bits per heavy atom. The van der Waals surface area contributed by atoms with Crippen LogP contribution in [0.2, 0.25) is 5.02 Å². The lowest BCUT2D eigenvalue weighted by Gasteiger charge is -2.09. The molecule has 3 aromatic rings. The molecule has 6 heteroatoms. The van der Waals surface area contributed by atoms with Gasteiger partial charge in [-0.1, -0.05) is 48.0 Å². The van der Waals surface area contributed by atoms with Gasteiger partial charge >= 0.3 is 0 Å². The molecule has 0 bridgehead atoms. The van der Waals surface area contributed by atoms with E-state index in [1.54, 1.807) is 6.07 Å². The Labute approximate surface area is 136 Å². The fraction of sp³-hybridized carbons (Fsp3) is 0. The van der Waals surface area contributed by atoms with Gasteiger partial charge in [-0.25, -0.2) is 0 Å². The van der Waals surface area contributed by atoms with Crippen molar-refractivity contribution >= 4 is 39.7 Å². The summed E-state index contributed by atoms with van der Waals surface area (Å²) in [6.07, 6.45) is 0. The van der Waals surface area contributed by atoms with Gasteiger partial charge in [0.2, 0.25) is 0 Å². The van der Waals surface area contributed by atoms with Gasteiger partial charge in [0.15, 0.2) is 0 Å². The van der Waals surface area contributed by atoms with E-state index in [0.717, 1.165) is 10.8 Å². The number of amides is 1. The van der Waals surface area contributed by atoms with E-state index in [0.29, 0.717) is 5.69 Å². The molecule has 0 aliphatic carbocycles. The molecule has 1 N–H and O–H groups in total. The van der Waals surface area contributed by atoms with Crippen molar-refractivity contribution in [1.82, 2.24) is 0 Å². The number of fused-ring (bicyclic) bond motifs is 1. The van der Waals surface area contributed by atoms with Crippen LogP contribution in [0.25, 0.3) is 10.8 Å². The van der Waals surface area contributed by atoms with Crippen LogP contribution in [-0.2, 0) is 0 Å². The quantitative estimate of drug-likeness (QED) is 0.562. The third kappa shape index (κ3) is 3.00. The molecule has 0 saturated carbocycles. The van der Waals surface area contributed by atoms with Crippen molar-refractivity contribution in [2.24, 2.45) is 0 Å². The Morgan fingerprint density at radius 1 is 1.04 bits per heavy atom. The SMILES string of the molecule is O=C(Nc1cccc2ccccc12)c1ccc(Cl)cc1[N+](=O)[O-]. The maximum Gasteiger partial charge on any atom is 0.283 e. The fourth-order valence-corrected chi connectivity index (χ4v) is 2.54. The van der Waals surface area contributed by atoms with Crippen molar-refractivity contribution in [1.29, 1.82) is 0 Å². The van der Waals surface area contributed by atoms with E-state index >= 15 is 0 Å². The van der Waals surface area contributed by atoms with Crippen LogP contribution in [0.1, 0.15) is 10.4 Å². The molecule has 3 aromatic carbocycles. The molecule has 23 heavy (non-hydrogen) atoms. The number of anilines is 1. The van der Waals surface area contributed by atoms with Crippen LogP contribution in [0.4, 0.5) is 11.4 Å². The zero-order chi connectivity index (χ0) is 16.4. The average Bonchev–Trinajstić information content (AvgIpc) is 2.55. The molecule has 3 rings (SSSR count). The van der Waals surface area contributed by atoms with Crippen LogP contribution in [0.15, 0.2) is 60.7 Å². The number of nitrogens with zero attached hydrogens (tertiary/aromatic N) is 1. The van der Waals surface area contributed by atoms with Crippen molar-refractivity contribution in [3.63, 3.8) is 0 Å². The van der Waals surface area contributed by atoms with Crippen LogP contribution in [-0.4, -0.2) is 10.8 Å². The number of halogens is 1. The van der Waals surface area contributed by atoms with E-state index in [2.05, 4.69) is 5.32 Å². The van der Waals surface area contributed by atoms with Crippen molar-refractivity contribution in [3.8, 4) is 0 Å². The standard InChI is InChI=1S/C17H11ClN2O3/c18-12-8-9-14(16(10-12)20(22)23)17(21)19-15-7-3-5-11-4-1-2-6-13(11)15/h1-10H,(H,19,21). The summed E-state index contributed by atoms with van der Waals surface area (Å²) in [5, 5.41) is 15.9. The molecule has 1 amide bonds. The normalized spacial score (nSPS) is 10.5. The first kappa shape index (κ1) is 15.0. The lowest BCUT2D eigenvalue weighted by Crippen LogP contribution is -2.14. The number of nitro groups is 1. The Bertz CT molecular complexity index is 919. The van der Waals surface area contributed by atoms with Gasteiger partial charge in [0.1, 0.15) is 5.56 Å².